The van der Waals surface area contributed by atoms with Gasteiger partial charge in [-0.15, -0.1) is 0 Å². The van der Waals surface area contributed by atoms with Crippen molar-refractivity contribution in [3.05, 3.63) is 35.4 Å². The quantitative estimate of drug-likeness (QED) is 0.859. The summed E-state index contributed by atoms with van der Waals surface area (Å²) in [7, 11) is 0. The maximum absolute atomic E-state index is 12.8. The van der Waals surface area contributed by atoms with E-state index in [1.807, 2.05) is 4.90 Å². The van der Waals surface area contributed by atoms with E-state index in [1.165, 1.54) is 17.5 Å². The van der Waals surface area contributed by atoms with Gasteiger partial charge in [0.25, 0.3) is 0 Å². The molecule has 0 radical (unpaired) electrons. The van der Waals surface area contributed by atoms with Gasteiger partial charge < -0.3 is 10.2 Å². The summed E-state index contributed by atoms with van der Waals surface area (Å²) in [5.74, 6) is 0.836. The topological polar surface area (TPSA) is 49.4 Å². The second kappa shape index (κ2) is 7.19. The third kappa shape index (κ3) is 3.73. The Hall–Kier alpha value is -1.84. The molecule has 2 fully saturated rings. The Bertz CT molecular complexity index is 645. The van der Waals surface area contributed by atoms with E-state index in [1.54, 1.807) is 0 Å². The number of amides is 2. The molecule has 3 aliphatic rings. The number of nitrogens with zero attached hydrogens (tertiary/aromatic N) is 1. The molecule has 1 heterocycles. The molecule has 4 nitrogen and oxygen atoms in total. The van der Waals surface area contributed by atoms with Gasteiger partial charge in [0.15, 0.2) is 0 Å². The van der Waals surface area contributed by atoms with Crippen LogP contribution in [-0.2, 0) is 16.0 Å². The Morgan fingerprint density at radius 3 is 2.44 bits per heavy atom. The highest BCUT2D eigenvalue weighted by Crippen LogP contribution is 2.33. The number of nitrogens with one attached hydrogen (secondary N) is 1. The zero-order valence-corrected chi connectivity index (χ0v) is 14.9. The Labute approximate surface area is 150 Å². The zero-order chi connectivity index (χ0) is 17.2. The zero-order valence-electron chi connectivity index (χ0n) is 14.9. The maximum Gasteiger partial charge on any atom is 0.225 e. The van der Waals surface area contributed by atoms with Crippen LogP contribution in [0.3, 0.4) is 0 Å². The number of carbonyl (C=O) groups excluding carboxylic acids is 2. The first-order chi connectivity index (χ1) is 12.2. The molecule has 0 spiro atoms. The van der Waals surface area contributed by atoms with Gasteiger partial charge in [0.1, 0.15) is 0 Å². The lowest BCUT2D eigenvalue weighted by molar-refractivity contribution is -0.136. The van der Waals surface area contributed by atoms with Gasteiger partial charge in [-0.05, 0) is 56.1 Å². The molecule has 1 N–H and O–H groups in total. The van der Waals surface area contributed by atoms with Crippen LogP contribution in [0.4, 0.5) is 0 Å². The fourth-order valence-electron chi connectivity index (χ4n) is 4.31. The second-order valence-electron chi connectivity index (χ2n) is 7.88. The van der Waals surface area contributed by atoms with Crippen LogP contribution >= 0.6 is 0 Å². The van der Waals surface area contributed by atoms with E-state index in [0.717, 1.165) is 58.0 Å². The molecule has 0 aromatic heterocycles. The van der Waals surface area contributed by atoms with Gasteiger partial charge in [-0.3, -0.25) is 9.59 Å². The monoisotopic (exact) mass is 340 g/mol. The maximum atomic E-state index is 12.8. The number of hydrogen-bond acceptors (Lipinski definition) is 2. The number of carbonyl (C=O) groups is 2. The molecule has 4 heteroatoms. The Morgan fingerprint density at radius 1 is 0.920 bits per heavy atom. The highest BCUT2D eigenvalue weighted by Gasteiger charge is 2.36. The summed E-state index contributed by atoms with van der Waals surface area (Å²) in [4.78, 5) is 26.9. The van der Waals surface area contributed by atoms with Gasteiger partial charge >= 0.3 is 0 Å². The fourth-order valence-corrected chi connectivity index (χ4v) is 4.31. The molecule has 1 aliphatic heterocycles. The lowest BCUT2D eigenvalue weighted by Gasteiger charge is -2.32. The summed E-state index contributed by atoms with van der Waals surface area (Å²) < 4.78 is 0. The number of fused-ring (bicyclic) bond motifs is 1. The van der Waals surface area contributed by atoms with E-state index >= 15 is 0 Å². The van der Waals surface area contributed by atoms with Crippen LogP contribution in [0.25, 0.3) is 0 Å². The molecule has 1 atom stereocenters. The third-order valence-corrected chi connectivity index (χ3v) is 6.04. The van der Waals surface area contributed by atoms with Crippen molar-refractivity contribution in [2.24, 2.45) is 11.8 Å². The standard InChI is InChI=1S/C21H28N2O2/c24-20(16-11-13-23(14-12-16)21(25)17-9-10-17)22-19-8-4-2-6-15-5-1-3-7-18(15)19/h1,3,5,7,16-17,19H,2,4,6,8-14H2,(H,22,24). The van der Waals surface area contributed by atoms with Crippen LogP contribution < -0.4 is 5.32 Å². The summed E-state index contributed by atoms with van der Waals surface area (Å²) in [5.41, 5.74) is 2.69. The van der Waals surface area contributed by atoms with Crippen molar-refractivity contribution < 1.29 is 9.59 Å². The molecule has 0 bridgehead atoms. The van der Waals surface area contributed by atoms with E-state index in [0.29, 0.717) is 5.91 Å². The Morgan fingerprint density at radius 2 is 1.68 bits per heavy atom. The molecular formula is C21H28N2O2. The fraction of sp³-hybridized carbons (Fsp3) is 0.619. The summed E-state index contributed by atoms with van der Waals surface area (Å²) in [5, 5.41) is 3.32. The minimum Gasteiger partial charge on any atom is -0.349 e. The van der Waals surface area contributed by atoms with Crippen LogP contribution in [0.15, 0.2) is 24.3 Å². The van der Waals surface area contributed by atoms with Crippen molar-refractivity contribution in [2.45, 2.75) is 57.4 Å². The smallest absolute Gasteiger partial charge is 0.225 e. The molecule has 2 amide bonds. The largest absolute Gasteiger partial charge is 0.349 e. The van der Waals surface area contributed by atoms with Crippen LogP contribution in [0.1, 0.15) is 62.1 Å². The highest BCUT2D eigenvalue weighted by atomic mass is 16.2. The van der Waals surface area contributed by atoms with Crippen molar-refractivity contribution in [1.82, 2.24) is 10.2 Å². The molecule has 4 rings (SSSR count). The van der Waals surface area contributed by atoms with Crippen LogP contribution in [0.5, 0.6) is 0 Å². The highest BCUT2D eigenvalue weighted by molar-refractivity contribution is 5.82. The molecule has 2 aliphatic carbocycles. The SMILES string of the molecule is O=C(NC1CCCCc2ccccc21)C1CCN(C(=O)C2CC2)CC1. The minimum atomic E-state index is 0.0543. The van der Waals surface area contributed by atoms with Gasteiger partial charge in [0, 0.05) is 24.9 Å². The molecule has 134 valence electrons. The van der Waals surface area contributed by atoms with Crippen molar-refractivity contribution in [1.29, 1.82) is 0 Å². The van der Waals surface area contributed by atoms with Crippen molar-refractivity contribution >= 4 is 11.8 Å². The summed E-state index contributed by atoms with van der Waals surface area (Å²) >= 11 is 0. The lowest BCUT2D eigenvalue weighted by Crippen LogP contribution is -2.44. The number of aryl methyl sites for hydroxylation is 1. The van der Waals surface area contributed by atoms with Crippen LogP contribution in [0, 0.1) is 11.8 Å². The normalized spacial score (nSPS) is 24.3. The first kappa shape index (κ1) is 16.6. The Kier molecular flexibility index (Phi) is 4.78. The second-order valence-corrected chi connectivity index (χ2v) is 7.88. The van der Waals surface area contributed by atoms with E-state index in [2.05, 4.69) is 29.6 Å². The van der Waals surface area contributed by atoms with Crippen LogP contribution in [-0.4, -0.2) is 29.8 Å². The van der Waals surface area contributed by atoms with Crippen molar-refractivity contribution in [2.75, 3.05) is 13.1 Å². The molecule has 1 aromatic rings. The van der Waals surface area contributed by atoms with E-state index in [4.69, 9.17) is 0 Å². The number of likely N-dealkylation sites (tertiary alicyclic amines) is 1. The molecule has 25 heavy (non-hydrogen) atoms. The molecule has 1 saturated carbocycles. The number of hydrogen-bond donors (Lipinski definition) is 1. The van der Waals surface area contributed by atoms with Crippen molar-refractivity contribution in [3.63, 3.8) is 0 Å². The van der Waals surface area contributed by atoms with Crippen molar-refractivity contribution in [3.8, 4) is 0 Å². The first-order valence-electron chi connectivity index (χ1n) is 9.89. The lowest BCUT2D eigenvalue weighted by atomic mass is 9.93. The van der Waals surface area contributed by atoms with Gasteiger partial charge in [0.05, 0.1) is 6.04 Å². The van der Waals surface area contributed by atoms with E-state index in [9.17, 15) is 9.59 Å². The minimum absolute atomic E-state index is 0.0543. The summed E-state index contributed by atoms with van der Waals surface area (Å²) in [6.07, 6.45) is 8.23. The number of rotatable bonds is 3. The third-order valence-electron chi connectivity index (χ3n) is 6.04. The average Bonchev–Trinajstić information content (AvgIpc) is 3.49. The molecule has 1 saturated heterocycles. The predicted molar refractivity (Wildman–Crippen MR) is 96.9 cm³/mol. The number of piperidine rings is 1. The van der Waals surface area contributed by atoms with Gasteiger partial charge in [0.2, 0.25) is 11.8 Å². The van der Waals surface area contributed by atoms with Crippen LogP contribution in [0.2, 0.25) is 0 Å². The summed E-state index contributed by atoms with van der Waals surface area (Å²) in [6, 6.07) is 8.68. The first-order valence-corrected chi connectivity index (χ1v) is 9.89. The van der Waals surface area contributed by atoms with E-state index < -0.39 is 0 Å². The average molecular weight is 340 g/mol. The molecular weight excluding hydrogens is 312 g/mol. The van der Waals surface area contributed by atoms with Gasteiger partial charge in [-0.2, -0.15) is 0 Å². The predicted octanol–water partition coefficient (Wildman–Crippen LogP) is 3.22. The van der Waals surface area contributed by atoms with Gasteiger partial charge in [-0.25, -0.2) is 0 Å². The molecule has 1 unspecified atom stereocenters. The summed E-state index contributed by atoms with van der Waals surface area (Å²) in [6.45, 7) is 1.49. The van der Waals surface area contributed by atoms with Gasteiger partial charge in [-0.1, -0.05) is 30.7 Å². The van der Waals surface area contributed by atoms with E-state index in [-0.39, 0.29) is 23.8 Å². The number of benzene rings is 1. The Balaban J connectivity index is 1.35. The molecule has 1 aromatic carbocycles.